The van der Waals surface area contributed by atoms with Crippen LogP contribution in [0.15, 0.2) is 23.1 Å². The smallest absolute Gasteiger partial charge is 0.258 e. The molecule has 1 atom stereocenters. The molecule has 0 aromatic heterocycles. The van der Waals surface area contributed by atoms with E-state index in [2.05, 4.69) is 9.70 Å². The molecule has 1 aromatic rings. The molecule has 15 heavy (non-hydrogen) atoms. The van der Waals surface area contributed by atoms with Gasteiger partial charge in [-0.1, -0.05) is 0 Å². The summed E-state index contributed by atoms with van der Waals surface area (Å²) in [6.45, 7) is 0. The van der Waals surface area contributed by atoms with Crippen LogP contribution < -0.4 is 10.5 Å². The number of nitro benzene ring substituents is 1. The van der Waals surface area contributed by atoms with E-state index in [1.54, 1.807) is 6.07 Å². The molecule has 0 aliphatic carbocycles. The van der Waals surface area contributed by atoms with Gasteiger partial charge in [0.1, 0.15) is 5.56 Å². The Hall–Kier alpha value is -1.69. The third-order valence-corrected chi connectivity index (χ3v) is 3.05. The molecule has 1 aliphatic heterocycles. The fourth-order valence-electron chi connectivity index (χ4n) is 1.28. The molecule has 0 saturated heterocycles. The van der Waals surface area contributed by atoms with E-state index >= 15 is 0 Å². The number of rotatable bonds is 1. The van der Waals surface area contributed by atoms with Gasteiger partial charge in [0, 0.05) is 17.0 Å². The molecule has 0 radical (unpaired) electrons. The monoisotopic (exact) mass is 224 g/mol. The third-order valence-electron chi connectivity index (χ3n) is 2.06. The summed E-state index contributed by atoms with van der Waals surface area (Å²) in [5.74, 6) is -1.47. The van der Waals surface area contributed by atoms with Crippen molar-refractivity contribution in [3.63, 3.8) is 0 Å². The standard InChI is InChI=1S/C7H6N5O2S/c8-7(10-9)5-3-4(12(13)14)1-2-6(5)15-11-7/h1-3,11H,8H2/q+1. The van der Waals surface area contributed by atoms with E-state index in [1.165, 1.54) is 24.1 Å². The molecule has 1 aromatic carbocycles. The molecule has 0 saturated carbocycles. The molecular weight excluding hydrogens is 218 g/mol. The maximum absolute atomic E-state index is 10.5. The number of fused-ring (bicyclic) bond motifs is 1. The minimum atomic E-state index is -1.47. The number of hydrogen-bond donors (Lipinski definition) is 2. The summed E-state index contributed by atoms with van der Waals surface area (Å²) in [6.07, 6.45) is 0. The first kappa shape index (κ1) is 9.85. The molecule has 76 valence electrons. The van der Waals surface area contributed by atoms with Crippen molar-refractivity contribution in [3.8, 4) is 0 Å². The summed E-state index contributed by atoms with van der Waals surface area (Å²) in [4.78, 5) is 13.7. The van der Waals surface area contributed by atoms with E-state index in [1.807, 2.05) is 0 Å². The lowest BCUT2D eigenvalue weighted by molar-refractivity contribution is -0.385. The van der Waals surface area contributed by atoms with Gasteiger partial charge in [-0.15, -0.1) is 0 Å². The Balaban J connectivity index is 2.57. The van der Waals surface area contributed by atoms with Crippen molar-refractivity contribution in [3.05, 3.63) is 38.9 Å². The number of diazo groups is 1. The van der Waals surface area contributed by atoms with Gasteiger partial charge in [0.15, 0.2) is 4.98 Å². The number of nitro groups is 1. The van der Waals surface area contributed by atoms with Crippen molar-refractivity contribution in [2.24, 2.45) is 5.73 Å². The highest BCUT2D eigenvalue weighted by Crippen LogP contribution is 2.38. The molecule has 1 aliphatic rings. The van der Waals surface area contributed by atoms with Gasteiger partial charge in [-0.3, -0.25) is 10.1 Å². The second-order valence-corrected chi connectivity index (χ2v) is 3.86. The van der Waals surface area contributed by atoms with E-state index in [9.17, 15) is 10.1 Å². The van der Waals surface area contributed by atoms with E-state index in [4.69, 9.17) is 11.1 Å². The van der Waals surface area contributed by atoms with Gasteiger partial charge >= 0.3 is 5.79 Å². The Bertz CT molecular complexity index is 485. The van der Waals surface area contributed by atoms with Crippen LogP contribution in [0, 0.1) is 15.5 Å². The molecule has 1 unspecified atom stereocenters. The van der Waals surface area contributed by atoms with Crippen molar-refractivity contribution >= 4 is 17.6 Å². The first-order valence-electron chi connectivity index (χ1n) is 3.95. The second kappa shape index (κ2) is 3.16. The van der Waals surface area contributed by atoms with Crippen molar-refractivity contribution in [2.75, 3.05) is 0 Å². The van der Waals surface area contributed by atoms with Crippen LogP contribution in [0.1, 0.15) is 5.56 Å². The highest BCUT2D eigenvalue weighted by Gasteiger charge is 2.49. The van der Waals surface area contributed by atoms with Crippen LogP contribution in [0.25, 0.3) is 4.98 Å². The van der Waals surface area contributed by atoms with Crippen LogP contribution in [0.5, 0.6) is 0 Å². The molecule has 7 nitrogen and oxygen atoms in total. The summed E-state index contributed by atoms with van der Waals surface area (Å²) in [7, 11) is 0. The maximum Gasteiger partial charge on any atom is 0.469 e. The maximum atomic E-state index is 10.5. The Kier molecular flexibility index (Phi) is 2.08. The SMILES string of the molecule is N#[N+]C1(N)NSc2ccc([N+](=O)[O-])cc21. The van der Waals surface area contributed by atoms with Gasteiger partial charge in [-0.25, -0.2) is 5.73 Å². The van der Waals surface area contributed by atoms with E-state index in [-0.39, 0.29) is 5.69 Å². The Morgan fingerprint density at radius 2 is 2.40 bits per heavy atom. The van der Waals surface area contributed by atoms with Crippen LogP contribution in [-0.4, -0.2) is 4.92 Å². The first-order valence-corrected chi connectivity index (χ1v) is 4.76. The van der Waals surface area contributed by atoms with E-state index in [0.717, 1.165) is 0 Å². The van der Waals surface area contributed by atoms with Crippen LogP contribution in [-0.2, 0) is 5.79 Å². The molecule has 0 spiro atoms. The predicted molar refractivity (Wildman–Crippen MR) is 53.0 cm³/mol. The molecular formula is C7H6N5O2S+. The van der Waals surface area contributed by atoms with Crippen molar-refractivity contribution in [2.45, 2.75) is 10.7 Å². The number of hydrogen-bond acceptors (Lipinski definition) is 6. The normalized spacial score (nSPS) is 23.2. The molecule has 1 heterocycles. The predicted octanol–water partition coefficient (Wildman–Crippen LogP) is 1.13. The molecule has 0 fully saturated rings. The van der Waals surface area contributed by atoms with Crippen molar-refractivity contribution in [1.29, 1.82) is 5.39 Å². The lowest BCUT2D eigenvalue weighted by Gasteiger charge is -2.01. The number of nitrogens with one attached hydrogen (secondary N) is 1. The number of nitrogens with two attached hydrogens (primary N) is 1. The van der Waals surface area contributed by atoms with Gasteiger partial charge in [0.25, 0.3) is 5.69 Å². The average Bonchev–Trinajstić information content (AvgIpc) is 2.57. The largest absolute Gasteiger partial charge is 0.469 e. The number of nitrogens with zero attached hydrogens (tertiary/aromatic N) is 3. The second-order valence-electron chi connectivity index (χ2n) is 3.01. The van der Waals surface area contributed by atoms with E-state index < -0.39 is 10.7 Å². The van der Waals surface area contributed by atoms with Crippen LogP contribution >= 0.6 is 11.9 Å². The van der Waals surface area contributed by atoms with Gasteiger partial charge in [0.2, 0.25) is 5.39 Å². The number of non-ortho nitro benzene ring substituents is 1. The minimum Gasteiger partial charge on any atom is -0.258 e. The lowest BCUT2D eigenvalue weighted by atomic mass is 10.1. The highest BCUT2D eigenvalue weighted by atomic mass is 32.2. The highest BCUT2D eigenvalue weighted by molar-refractivity contribution is 7.97. The fraction of sp³-hybridized carbons (Fsp3) is 0.143. The fourth-order valence-corrected chi connectivity index (χ4v) is 2.16. The van der Waals surface area contributed by atoms with E-state index in [0.29, 0.717) is 10.5 Å². The van der Waals surface area contributed by atoms with Crippen LogP contribution in [0.3, 0.4) is 0 Å². The quantitative estimate of drug-likeness (QED) is 0.320. The van der Waals surface area contributed by atoms with Gasteiger partial charge in [-0.2, -0.15) is 4.72 Å². The molecule has 0 bridgehead atoms. The van der Waals surface area contributed by atoms with Gasteiger partial charge in [0.05, 0.1) is 4.92 Å². The summed E-state index contributed by atoms with van der Waals surface area (Å²) < 4.78 is 2.67. The summed E-state index contributed by atoms with van der Waals surface area (Å²) >= 11 is 1.17. The zero-order valence-corrected chi connectivity index (χ0v) is 8.19. The molecule has 2 rings (SSSR count). The third kappa shape index (κ3) is 1.42. The summed E-state index contributed by atoms with van der Waals surface area (Å²) in [5.41, 5.74) is 5.97. The van der Waals surface area contributed by atoms with Crippen LogP contribution in [0.4, 0.5) is 5.69 Å². The number of benzene rings is 1. The molecule has 3 N–H and O–H groups in total. The lowest BCUT2D eigenvalue weighted by Crippen LogP contribution is -2.40. The van der Waals surface area contributed by atoms with Gasteiger partial charge < -0.3 is 0 Å². The van der Waals surface area contributed by atoms with Crippen molar-refractivity contribution < 1.29 is 4.92 Å². The Morgan fingerprint density at radius 1 is 1.67 bits per heavy atom. The topological polar surface area (TPSA) is 109 Å². The minimum absolute atomic E-state index is 0.0866. The summed E-state index contributed by atoms with van der Waals surface area (Å²) in [6, 6.07) is 4.23. The first-order chi connectivity index (χ1) is 7.07. The Labute approximate surface area is 88.6 Å². The van der Waals surface area contributed by atoms with Gasteiger partial charge in [-0.05, 0) is 18.0 Å². The van der Waals surface area contributed by atoms with Crippen LogP contribution in [0.2, 0.25) is 0 Å². The summed E-state index contributed by atoms with van der Waals surface area (Å²) in [5, 5.41) is 19.3. The zero-order chi connectivity index (χ0) is 11.1. The Morgan fingerprint density at radius 3 is 3.00 bits per heavy atom. The molecule has 0 amide bonds. The molecule has 8 heteroatoms. The van der Waals surface area contributed by atoms with Crippen molar-refractivity contribution in [1.82, 2.24) is 4.72 Å². The average molecular weight is 224 g/mol. The zero-order valence-electron chi connectivity index (χ0n) is 7.38.